The molecule has 0 radical (unpaired) electrons. The number of hydrogen-bond donors (Lipinski definition) is 0. The zero-order valence-corrected chi connectivity index (χ0v) is 23.5. The monoisotopic (exact) mass is 511 g/mol. The molecule has 1 aliphatic carbocycles. The Morgan fingerprint density at radius 3 is 2.23 bits per heavy atom. The van der Waals surface area contributed by atoms with Crippen molar-refractivity contribution in [2.24, 2.45) is 0 Å². The predicted octanol–water partition coefficient (Wildman–Crippen LogP) is 3.02. The van der Waals surface area contributed by atoms with Gasteiger partial charge in [-0.15, -0.1) is 0 Å². The quantitative estimate of drug-likeness (QED) is 0.358. The number of carbonyl (C=O) groups excluding carboxylic acids is 1. The highest BCUT2D eigenvalue weighted by Gasteiger charge is 2.27. The van der Waals surface area contributed by atoms with Gasteiger partial charge in [0.25, 0.3) is 0 Å². The van der Waals surface area contributed by atoms with Crippen LogP contribution in [0.15, 0.2) is 17.0 Å². The van der Waals surface area contributed by atoms with E-state index in [0.29, 0.717) is 19.3 Å². The van der Waals surface area contributed by atoms with Gasteiger partial charge >= 0.3 is 0 Å². The minimum atomic E-state index is -1.31. The summed E-state index contributed by atoms with van der Waals surface area (Å²) < 4.78 is 31.7. The van der Waals surface area contributed by atoms with Crippen molar-refractivity contribution in [1.29, 1.82) is 0 Å². The third kappa shape index (κ3) is 9.13. The number of methoxy groups -OCH3 is 1. The van der Waals surface area contributed by atoms with Crippen molar-refractivity contribution in [3.05, 3.63) is 23.3 Å². The Labute approximate surface area is 214 Å². The van der Waals surface area contributed by atoms with Crippen LogP contribution in [0.3, 0.4) is 0 Å². The first-order chi connectivity index (χ1) is 16.7. The molecule has 35 heavy (non-hydrogen) atoms. The van der Waals surface area contributed by atoms with E-state index in [1.165, 1.54) is 0 Å². The van der Waals surface area contributed by atoms with Gasteiger partial charge in [-0.3, -0.25) is 4.79 Å². The molecule has 0 heterocycles. The Kier molecular flexibility index (Phi) is 12.6. The van der Waals surface area contributed by atoms with Gasteiger partial charge in [-0.05, 0) is 76.4 Å². The van der Waals surface area contributed by atoms with Gasteiger partial charge in [0.15, 0.2) is 0 Å². The Morgan fingerprint density at radius 1 is 1.03 bits per heavy atom. The molecule has 8 nitrogen and oxygen atoms in total. The van der Waals surface area contributed by atoms with E-state index in [1.54, 1.807) is 18.5 Å². The summed E-state index contributed by atoms with van der Waals surface area (Å²) in [5.74, 6) is 0.750. The number of nitrogens with zero attached hydrogens (tertiary/aromatic N) is 3. The molecule has 0 N–H and O–H groups in total. The number of amides is 1. The van der Waals surface area contributed by atoms with Gasteiger partial charge in [-0.1, -0.05) is 6.92 Å². The van der Waals surface area contributed by atoms with Crippen LogP contribution in [0.25, 0.3) is 0 Å². The molecule has 1 atom stereocenters. The standard InChI is InChI=1S/C26H45N3O5S/c1-8-27(4)13-16-34-23-11-9-22(10-12-23)29(6)25(30)19-33-15-14-28(5)35(31)26-20(2)17-24(32-7)18-21(26)3/h17-18,22-23H,8-16,19H2,1-7H3. The van der Waals surface area contributed by atoms with E-state index in [1.807, 2.05) is 37.9 Å². The van der Waals surface area contributed by atoms with Crippen molar-refractivity contribution in [3.63, 3.8) is 0 Å². The van der Waals surface area contributed by atoms with Crippen molar-refractivity contribution in [3.8, 4) is 5.75 Å². The fraction of sp³-hybridized carbons (Fsp3) is 0.731. The maximum Gasteiger partial charge on any atom is 0.248 e. The number of rotatable bonds is 14. The maximum absolute atomic E-state index is 13.0. The zero-order valence-electron chi connectivity index (χ0n) is 22.7. The van der Waals surface area contributed by atoms with Gasteiger partial charge in [0.05, 0.1) is 31.3 Å². The van der Waals surface area contributed by atoms with Crippen LogP contribution in [0.1, 0.15) is 43.7 Å². The van der Waals surface area contributed by atoms with Gasteiger partial charge in [0.1, 0.15) is 23.3 Å². The Hall–Kier alpha value is -1.52. The molecule has 0 spiro atoms. The molecule has 0 aliphatic heterocycles. The fourth-order valence-electron chi connectivity index (χ4n) is 4.33. The van der Waals surface area contributed by atoms with Crippen LogP contribution in [0.5, 0.6) is 5.75 Å². The van der Waals surface area contributed by atoms with E-state index in [9.17, 15) is 9.00 Å². The normalized spacial score (nSPS) is 19.2. The molecule has 0 aromatic heterocycles. The second kappa shape index (κ2) is 14.9. The summed E-state index contributed by atoms with van der Waals surface area (Å²) in [5, 5.41) is 0. The van der Waals surface area contributed by atoms with Crippen molar-refractivity contribution >= 4 is 16.9 Å². The van der Waals surface area contributed by atoms with Crippen LogP contribution < -0.4 is 4.74 Å². The third-order valence-electron chi connectivity index (χ3n) is 6.85. The lowest BCUT2D eigenvalue weighted by atomic mass is 9.92. The average molecular weight is 512 g/mol. The lowest BCUT2D eigenvalue weighted by molar-refractivity contribution is -0.138. The fourth-order valence-corrected chi connectivity index (χ4v) is 5.55. The van der Waals surface area contributed by atoms with Crippen molar-refractivity contribution in [2.75, 3.05) is 67.7 Å². The molecule has 1 aliphatic rings. The lowest BCUT2D eigenvalue weighted by Crippen LogP contribution is -2.42. The topological polar surface area (TPSA) is 71.6 Å². The summed E-state index contributed by atoms with van der Waals surface area (Å²) in [4.78, 5) is 17.5. The highest BCUT2D eigenvalue weighted by molar-refractivity contribution is 7.82. The van der Waals surface area contributed by atoms with E-state index in [-0.39, 0.29) is 18.6 Å². The molecule has 1 unspecified atom stereocenters. The third-order valence-corrected chi connectivity index (χ3v) is 8.60. The molecule has 1 aromatic carbocycles. The number of ether oxygens (including phenoxy) is 3. The van der Waals surface area contributed by atoms with E-state index < -0.39 is 11.0 Å². The predicted molar refractivity (Wildman–Crippen MR) is 140 cm³/mol. The zero-order chi connectivity index (χ0) is 26.0. The van der Waals surface area contributed by atoms with E-state index in [2.05, 4.69) is 18.9 Å². The molecule has 1 fully saturated rings. The Bertz CT molecular complexity index is 806. The number of benzene rings is 1. The van der Waals surface area contributed by atoms with Crippen LogP contribution in [-0.4, -0.2) is 104 Å². The first-order valence-corrected chi connectivity index (χ1v) is 13.7. The van der Waals surface area contributed by atoms with E-state index >= 15 is 0 Å². The maximum atomic E-state index is 13.0. The first-order valence-electron chi connectivity index (χ1n) is 12.6. The summed E-state index contributed by atoms with van der Waals surface area (Å²) in [7, 11) is 6.08. The number of aryl methyl sites for hydroxylation is 2. The molecule has 0 saturated heterocycles. The molecule has 2 rings (SSSR count). The molecule has 1 amide bonds. The second-order valence-electron chi connectivity index (χ2n) is 9.45. The van der Waals surface area contributed by atoms with Gasteiger partial charge < -0.3 is 24.0 Å². The number of likely N-dealkylation sites (N-methyl/N-ethyl adjacent to an activating group) is 3. The van der Waals surface area contributed by atoms with Gasteiger partial charge in [0.2, 0.25) is 5.91 Å². The highest BCUT2D eigenvalue weighted by Crippen LogP contribution is 2.26. The summed E-state index contributed by atoms with van der Waals surface area (Å²) in [5.41, 5.74) is 1.86. The minimum Gasteiger partial charge on any atom is -0.497 e. The number of carbonyl (C=O) groups is 1. The smallest absolute Gasteiger partial charge is 0.248 e. The first kappa shape index (κ1) is 29.7. The van der Waals surface area contributed by atoms with Crippen molar-refractivity contribution in [1.82, 2.24) is 14.1 Å². The second-order valence-corrected chi connectivity index (χ2v) is 11.0. The van der Waals surface area contributed by atoms with Crippen LogP contribution in [-0.2, 0) is 25.3 Å². The summed E-state index contributed by atoms with van der Waals surface area (Å²) in [6.07, 6.45) is 4.18. The minimum absolute atomic E-state index is 0.00967. The molecule has 1 saturated carbocycles. The average Bonchev–Trinajstić information content (AvgIpc) is 2.85. The molecular weight excluding hydrogens is 466 g/mol. The Morgan fingerprint density at radius 2 is 1.66 bits per heavy atom. The van der Waals surface area contributed by atoms with Gasteiger partial charge in [0, 0.05) is 33.2 Å². The highest BCUT2D eigenvalue weighted by atomic mass is 32.2. The van der Waals surface area contributed by atoms with E-state index in [0.717, 1.165) is 67.2 Å². The van der Waals surface area contributed by atoms with Crippen LogP contribution in [0.2, 0.25) is 0 Å². The molecule has 0 bridgehead atoms. The van der Waals surface area contributed by atoms with E-state index in [4.69, 9.17) is 14.2 Å². The molecule has 9 heteroatoms. The largest absolute Gasteiger partial charge is 0.497 e. The summed E-state index contributed by atoms with van der Waals surface area (Å²) >= 11 is 0. The molecular formula is C26H45N3O5S. The summed E-state index contributed by atoms with van der Waals surface area (Å²) in [6, 6.07) is 4.02. The van der Waals surface area contributed by atoms with Gasteiger partial charge in [-0.25, -0.2) is 8.51 Å². The molecule has 1 aromatic rings. The van der Waals surface area contributed by atoms with Crippen LogP contribution in [0.4, 0.5) is 0 Å². The number of hydrogen-bond acceptors (Lipinski definition) is 6. The lowest BCUT2D eigenvalue weighted by Gasteiger charge is -2.34. The van der Waals surface area contributed by atoms with Gasteiger partial charge in [-0.2, -0.15) is 0 Å². The van der Waals surface area contributed by atoms with Crippen molar-refractivity contribution < 1.29 is 23.2 Å². The Balaban J connectivity index is 1.69. The summed E-state index contributed by atoms with van der Waals surface area (Å²) in [6.45, 7) is 9.60. The molecule has 200 valence electrons. The SMILES string of the molecule is CCN(C)CCOC1CCC(N(C)C(=O)COCCN(C)S(=O)c2c(C)cc(OC)cc2C)CC1. The van der Waals surface area contributed by atoms with Crippen LogP contribution >= 0.6 is 0 Å². The van der Waals surface area contributed by atoms with Crippen LogP contribution in [0, 0.1) is 13.8 Å². The van der Waals surface area contributed by atoms with Crippen molar-refractivity contribution in [2.45, 2.75) is 63.5 Å².